The number of benzene rings is 2. The van der Waals surface area contributed by atoms with Crippen LogP contribution in [0.3, 0.4) is 0 Å². The van der Waals surface area contributed by atoms with Crippen LogP contribution in [0.15, 0.2) is 51.4 Å². The van der Waals surface area contributed by atoms with Crippen molar-refractivity contribution in [1.82, 2.24) is 20.6 Å². The number of aromatic amines is 2. The molecule has 2 aromatic carbocycles. The predicted octanol–water partition coefficient (Wildman–Crippen LogP) is 4.82. The van der Waals surface area contributed by atoms with E-state index in [0.29, 0.717) is 43.3 Å². The summed E-state index contributed by atoms with van der Waals surface area (Å²) in [5, 5.41) is 7.23. The average molecular weight is 636 g/mol. The zero-order chi connectivity index (χ0) is 26.9. The molecule has 0 aliphatic carbocycles. The quantitative estimate of drug-likeness (QED) is 0.155. The van der Waals surface area contributed by atoms with E-state index in [2.05, 4.69) is 52.5 Å². The number of carbonyl (C=O) groups is 3. The molecule has 0 spiro atoms. The number of carbonyl (C=O) groups excluding carboxylic acids is 3. The van der Waals surface area contributed by atoms with Gasteiger partial charge in [-0.25, -0.2) is 0 Å². The third-order valence-electron chi connectivity index (χ3n) is 5.35. The zero-order valence-corrected chi connectivity index (χ0v) is 23.8. The van der Waals surface area contributed by atoms with Crippen molar-refractivity contribution in [2.45, 2.75) is 6.92 Å². The van der Waals surface area contributed by atoms with Gasteiger partial charge in [0.2, 0.25) is 0 Å². The minimum Gasteiger partial charge on any atom is -0.383 e. The van der Waals surface area contributed by atoms with Gasteiger partial charge in [0.25, 0.3) is 11.8 Å². The largest absolute Gasteiger partial charge is 0.383 e. The van der Waals surface area contributed by atoms with E-state index >= 15 is 0 Å². The van der Waals surface area contributed by atoms with Gasteiger partial charge in [0, 0.05) is 58.1 Å². The van der Waals surface area contributed by atoms with Gasteiger partial charge in [-0.3, -0.25) is 14.4 Å². The molecule has 0 aliphatic rings. The van der Waals surface area contributed by atoms with Crippen LogP contribution < -0.4 is 10.6 Å². The van der Waals surface area contributed by atoms with E-state index in [9.17, 15) is 14.4 Å². The maximum atomic E-state index is 12.1. The highest BCUT2D eigenvalue weighted by atomic mass is 79.9. The SMILES string of the molecule is COCCNC(=O)c1[nH]c2ccc(Br)cc2c1C(C)=O.COCCNC(=O)c1cc2cc(Br)ccc2[nH]1. The molecule has 2 heterocycles. The monoisotopic (exact) mass is 634 g/mol. The highest BCUT2D eigenvalue weighted by Crippen LogP contribution is 2.26. The number of ketones is 1. The minimum atomic E-state index is -0.306. The molecule has 9 nitrogen and oxygen atoms in total. The maximum Gasteiger partial charge on any atom is 0.268 e. The van der Waals surface area contributed by atoms with Crippen molar-refractivity contribution in [3.8, 4) is 0 Å². The summed E-state index contributed by atoms with van der Waals surface area (Å²) < 4.78 is 11.6. The highest BCUT2D eigenvalue weighted by molar-refractivity contribution is 9.10. The smallest absolute Gasteiger partial charge is 0.268 e. The van der Waals surface area contributed by atoms with Gasteiger partial charge in [0.1, 0.15) is 11.4 Å². The number of hydrogen-bond donors (Lipinski definition) is 4. The van der Waals surface area contributed by atoms with Gasteiger partial charge in [0.15, 0.2) is 5.78 Å². The van der Waals surface area contributed by atoms with Crippen molar-refractivity contribution in [2.24, 2.45) is 0 Å². The molecule has 0 saturated heterocycles. The molecule has 0 unspecified atom stereocenters. The van der Waals surface area contributed by atoms with E-state index in [-0.39, 0.29) is 17.6 Å². The Morgan fingerprint density at radius 3 is 2.03 bits per heavy atom. The van der Waals surface area contributed by atoms with Gasteiger partial charge in [-0.05, 0) is 49.4 Å². The third-order valence-corrected chi connectivity index (χ3v) is 6.34. The minimum absolute atomic E-state index is 0.116. The summed E-state index contributed by atoms with van der Waals surface area (Å²) in [4.78, 5) is 41.8. The second-order valence-corrected chi connectivity index (χ2v) is 9.86. The van der Waals surface area contributed by atoms with Gasteiger partial charge < -0.3 is 30.1 Å². The van der Waals surface area contributed by atoms with Crippen molar-refractivity contribution in [3.05, 3.63) is 68.4 Å². The van der Waals surface area contributed by atoms with Crippen LogP contribution in [0.25, 0.3) is 21.8 Å². The first-order valence-corrected chi connectivity index (χ1v) is 13.0. The molecule has 4 rings (SSSR count). The van der Waals surface area contributed by atoms with Crippen molar-refractivity contribution >= 4 is 71.3 Å². The number of ether oxygens (including phenoxy) is 2. The number of Topliss-reactive ketones (excluding diaryl/α,β-unsaturated/α-hetero) is 1. The summed E-state index contributed by atoms with van der Waals surface area (Å²) >= 11 is 6.77. The average Bonchev–Trinajstić information content (AvgIpc) is 3.46. The van der Waals surface area contributed by atoms with E-state index < -0.39 is 0 Å². The van der Waals surface area contributed by atoms with Gasteiger partial charge in [-0.15, -0.1) is 0 Å². The Balaban J connectivity index is 0.000000208. The van der Waals surface area contributed by atoms with Gasteiger partial charge in [-0.1, -0.05) is 31.9 Å². The maximum absolute atomic E-state index is 12.1. The number of methoxy groups -OCH3 is 2. The standard InChI is InChI=1S/C14H15BrN2O3.C12H13BrN2O2/c1-8(18)12-10-7-9(15)3-4-11(10)17-13(12)14(19)16-5-6-20-2;1-17-5-4-14-12(16)11-7-8-6-9(13)2-3-10(8)15-11/h3-4,7,17H,5-6H2,1-2H3,(H,16,19);2-3,6-7,15H,4-5H2,1H3,(H,14,16). The Labute approximate surface area is 230 Å². The van der Waals surface area contributed by atoms with Crippen molar-refractivity contribution in [2.75, 3.05) is 40.5 Å². The van der Waals surface area contributed by atoms with E-state index in [1.54, 1.807) is 14.2 Å². The number of amides is 2. The fraction of sp³-hybridized carbons (Fsp3) is 0.269. The van der Waals surface area contributed by atoms with E-state index in [0.717, 1.165) is 30.8 Å². The molecule has 0 fully saturated rings. The van der Waals surface area contributed by atoms with Gasteiger partial charge in [0.05, 0.1) is 18.8 Å². The Morgan fingerprint density at radius 1 is 0.811 bits per heavy atom. The number of halogens is 2. The normalized spacial score (nSPS) is 10.7. The first-order valence-electron chi connectivity index (χ1n) is 11.4. The summed E-state index contributed by atoms with van der Waals surface area (Å²) in [7, 11) is 3.17. The fourth-order valence-electron chi connectivity index (χ4n) is 3.64. The number of H-pyrrole nitrogens is 2. The second-order valence-electron chi connectivity index (χ2n) is 8.03. The van der Waals surface area contributed by atoms with Crippen LogP contribution in [0.1, 0.15) is 38.3 Å². The predicted molar refractivity (Wildman–Crippen MR) is 150 cm³/mol. The summed E-state index contributed by atoms with van der Waals surface area (Å²) in [6.45, 7) is 3.29. The molecule has 37 heavy (non-hydrogen) atoms. The van der Waals surface area contributed by atoms with Gasteiger partial charge >= 0.3 is 0 Å². The molecule has 4 N–H and O–H groups in total. The molecule has 0 radical (unpaired) electrons. The van der Waals surface area contributed by atoms with Crippen LogP contribution in [0.5, 0.6) is 0 Å². The molecule has 11 heteroatoms. The number of hydrogen-bond acceptors (Lipinski definition) is 5. The molecule has 0 atom stereocenters. The van der Waals surface area contributed by atoms with Crippen LogP contribution >= 0.6 is 31.9 Å². The Bertz CT molecular complexity index is 1410. The molecule has 196 valence electrons. The van der Waals surface area contributed by atoms with Crippen LogP contribution in [0.2, 0.25) is 0 Å². The molecule has 2 amide bonds. The van der Waals surface area contributed by atoms with E-state index in [1.165, 1.54) is 6.92 Å². The fourth-order valence-corrected chi connectivity index (χ4v) is 4.38. The molecule has 0 bridgehead atoms. The van der Waals surface area contributed by atoms with Crippen LogP contribution in [-0.4, -0.2) is 68.1 Å². The number of aromatic nitrogens is 2. The van der Waals surface area contributed by atoms with Crippen LogP contribution in [-0.2, 0) is 9.47 Å². The molecule has 2 aromatic heterocycles. The first-order chi connectivity index (χ1) is 17.7. The van der Waals surface area contributed by atoms with Crippen LogP contribution in [0, 0.1) is 0 Å². The number of rotatable bonds is 9. The lowest BCUT2D eigenvalue weighted by molar-refractivity contribution is 0.0920. The Kier molecular flexibility index (Phi) is 10.4. The van der Waals surface area contributed by atoms with Crippen molar-refractivity contribution in [1.29, 1.82) is 0 Å². The topological polar surface area (TPSA) is 125 Å². The van der Waals surface area contributed by atoms with Crippen molar-refractivity contribution in [3.63, 3.8) is 0 Å². The third kappa shape index (κ3) is 7.51. The van der Waals surface area contributed by atoms with E-state index in [1.807, 2.05) is 42.5 Å². The lowest BCUT2D eigenvalue weighted by atomic mass is 10.1. The number of fused-ring (bicyclic) bond motifs is 2. The lowest BCUT2D eigenvalue weighted by Gasteiger charge is -2.04. The van der Waals surface area contributed by atoms with Crippen molar-refractivity contribution < 1.29 is 23.9 Å². The second kappa shape index (κ2) is 13.5. The molecule has 0 aliphatic heterocycles. The summed E-state index contributed by atoms with van der Waals surface area (Å²) in [5.74, 6) is -0.569. The van der Waals surface area contributed by atoms with Crippen LogP contribution in [0.4, 0.5) is 0 Å². The molecule has 4 aromatic rings. The molecular formula is C26H28Br2N4O5. The summed E-state index contributed by atoms with van der Waals surface area (Å²) in [6.07, 6.45) is 0. The Morgan fingerprint density at radius 2 is 1.41 bits per heavy atom. The zero-order valence-electron chi connectivity index (χ0n) is 20.7. The lowest BCUT2D eigenvalue weighted by Crippen LogP contribution is -2.28. The number of nitrogens with one attached hydrogen (secondary N) is 4. The first kappa shape index (κ1) is 28.6. The molecular weight excluding hydrogens is 608 g/mol. The Hall–Kier alpha value is -2.99. The van der Waals surface area contributed by atoms with Gasteiger partial charge in [-0.2, -0.15) is 0 Å². The van der Waals surface area contributed by atoms with E-state index in [4.69, 9.17) is 9.47 Å². The highest BCUT2D eigenvalue weighted by Gasteiger charge is 2.20. The summed E-state index contributed by atoms with van der Waals surface area (Å²) in [6, 6.07) is 13.2. The summed E-state index contributed by atoms with van der Waals surface area (Å²) in [5.41, 5.74) is 2.98. The molecule has 0 saturated carbocycles.